The monoisotopic (exact) mass is 294 g/mol. The molecule has 0 aliphatic carbocycles. The molecule has 2 aromatic rings. The first-order valence-corrected chi connectivity index (χ1v) is 7.58. The zero-order valence-electron chi connectivity index (χ0n) is 12.7. The highest BCUT2D eigenvalue weighted by atomic mass is 35.5. The zero-order chi connectivity index (χ0) is 14.8. The van der Waals surface area contributed by atoms with E-state index >= 15 is 0 Å². The fraction of sp³-hybridized carbons (Fsp3) is 0.562. The average molecular weight is 295 g/mol. The summed E-state index contributed by atoms with van der Waals surface area (Å²) in [5.74, 6) is 2.46. The molecule has 0 spiro atoms. The van der Waals surface area contributed by atoms with Crippen LogP contribution in [0.1, 0.15) is 33.0 Å². The number of para-hydroxylation sites is 1. The number of halogens is 1. The van der Waals surface area contributed by atoms with Crippen LogP contribution in [-0.4, -0.2) is 22.5 Å². The van der Waals surface area contributed by atoms with Gasteiger partial charge in [-0.25, -0.2) is 4.98 Å². The second kappa shape index (κ2) is 6.04. The average Bonchev–Trinajstić information content (AvgIpc) is 2.73. The lowest BCUT2D eigenvalue weighted by molar-refractivity contribution is 0.350. The Bertz CT molecular complexity index is 584. The highest BCUT2D eigenvalue weighted by molar-refractivity contribution is 6.17. The highest BCUT2D eigenvalue weighted by Crippen LogP contribution is 2.28. The van der Waals surface area contributed by atoms with Crippen LogP contribution < -0.4 is 4.74 Å². The van der Waals surface area contributed by atoms with E-state index in [1.807, 2.05) is 12.1 Å². The van der Waals surface area contributed by atoms with Gasteiger partial charge in [0, 0.05) is 18.8 Å². The minimum Gasteiger partial charge on any atom is -0.494 e. The Labute approximate surface area is 125 Å². The normalized spacial score (nSPS) is 12.1. The summed E-state index contributed by atoms with van der Waals surface area (Å²) in [6, 6.07) is 6.07. The van der Waals surface area contributed by atoms with Crippen LogP contribution in [-0.2, 0) is 13.0 Å². The van der Waals surface area contributed by atoms with Crippen molar-refractivity contribution in [2.24, 2.45) is 5.41 Å². The van der Waals surface area contributed by atoms with E-state index < -0.39 is 0 Å². The van der Waals surface area contributed by atoms with E-state index in [0.717, 1.165) is 42.0 Å². The van der Waals surface area contributed by atoms with E-state index in [-0.39, 0.29) is 0 Å². The number of hydrogen-bond donors (Lipinski definition) is 0. The number of benzene rings is 1. The number of rotatable bonds is 5. The molecule has 110 valence electrons. The fourth-order valence-corrected chi connectivity index (χ4v) is 2.48. The molecule has 1 heterocycles. The first-order valence-electron chi connectivity index (χ1n) is 7.04. The topological polar surface area (TPSA) is 27.1 Å². The summed E-state index contributed by atoms with van der Waals surface area (Å²) >= 11 is 5.91. The smallest absolute Gasteiger partial charge is 0.146 e. The van der Waals surface area contributed by atoms with Crippen LogP contribution >= 0.6 is 11.6 Å². The summed E-state index contributed by atoms with van der Waals surface area (Å²) in [4.78, 5) is 4.73. The van der Waals surface area contributed by atoms with E-state index in [1.165, 1.54) is 0 Å². The van der Waals surface area contributed by atoms with Crippen molar-refractivity contribution in [1.82, 2.24) is 9.55 Å². The van der Waals surface area contributed by atoms with Crippen molar-refractivity contribution in [2.75, 3.05) is 13.0 Å². The summed E-state index contributed by atoms with van der Waals surface area (Å²) in [6.07, 6.45) is 1.88. The van der Waals surface area contributed by atoms with E-state index in [1.54, 1.807) is 7.11 Å². The van der Waals surface area contributed by atoms with E-state index in [2.05, 4.69) is 31.4 Å². The maximum Gasteiger partial charge on any atom is 0.146 e. The fourth-order valence-electron chi connectivity index (χ4n) is 2.31. The van der Waals surface area contributed by atoms with Crippen LogP contribution in [0.15, 0.2) is 18.2 Å². The van der Waals surface area contributed by atoms with Gasteiger partial charge in [-0.2, -0.15) is 0 Å². The third-order valence-corrected chi connectivity index (χ3v) is 3.63. The number of methoxy groups -OCH3 is 1. The maximum absolute atomic E-state index is 5.91. The van der Waals surface area contributed by atoms with Gasteiger partial charge in [-0.3, -0.25) is 0 Å². The number of imidazole rings is 1. The van der Waals surface area contributed by atoms with Crippen molar-refractivity contribution < 1.29 is 4.74 Å². The number of aryl methyl sites for hydroxylation is 2. The van der Waals surface area contributed by atoms with Gasteiger partial charge in [0.25, 0.3) is 0 Å². The number of alkyl halides is 1. The minimum absolute atomic E-state index is 0.299. The van der Waals surface area contributed by atoms with Crippen molar-refractivity contribution in [3.05, 3.63) is 24.0 Å². The van der Waals surface area contributed by atoms with Crippen LogP contribution in [0.2, 0.25) is 0 Å². The summed E-state index contributed by atoms with van der Waals surface area (Å²) in [7, 11) is 1.68. The Hall–Kier alpha value is -1.22. The minimum atomic E-state index is 0.299. The number of ether oxygens (including phenoxy) is 1. The predicted molar refractivity (Wildman–Crippen MR) is 84.8 cm³/mol. The van der Waals surface area contributed by atoms with Crippen molar-refractivity contribution in [3.63, 3.8) is 0 Å². The van der Waals surface area contributed by atoms with Crippen molar-refractivity contribution in [1.29, 1.82) is 0 Å². The standard InChI is InChI=1S/C16H23ClN2O/c1-16(2,3)9-11-19-12-6-5-7-13(20-4)15(12)18-14(19)8-10-17/h5-7H,8-11H2,1-4H3. The number of nitrogens with zero attached hydrogens (tertiary/aromatic N) is 2. The molecule has 4 heteroatoms. The zero-order valence-corrected chi connectivity index (χ0v) is 13.5. The molecule has 0 saturated heterocycles. The first-order chi connectivity index (χ1) is 9.46. The molecule has 0 bridgehead atoms. The Morgan fingerprint density at radius 2 is 2.05 bits per heavy atom. The van der Waals surface area contributed by atoms with Crippen molar-refractivity contribution in [2.45, 2.75) is 40.2 Å². The lowest BCUT2D eigenvalue weighted by atomic mass is 9.92. The van der Waals surface area contributed by atoms with Gasteiger partial charge in [0.2, 0.25) is 0 Å². The summed E-state index contributed by atoms with van der Waals surface area (Å²) in [5.41, 5.74) is 2.37. The molecule has 0 fully saturated rings. The van der Waals surface area contributed by atoms with Gasteiger partial charge in [0.1, 0.15) is 17.1 Å². The van der Waals surface area contributed by atoms with Crippen LogP contribution in [0, 0.1) is 5.41 Å². The Kier molecular flexibility index (Phi) is 4.59. The van der Waals surface area contributed by atoms with E-state index in [0.29, 0.717) is 11.3 Å². The molecule has 0 N–H and O–H groups in total. The maximum atomic E-state index is 5.91. The first kappa shape index (κ1) is 15.2. The van der Waals surface area contributed by atoms with Gasteiger partial charge in [-0.1, -0.05) is 26.8 Å². The van der Waals surface area contributed by atoms with Gasteiger partial charge < -0.3 is 9.30 Å². The summed E-state index contributed by atoms with van der Waals surface area (Å²) in [5, 5.41) is 0. The molecule has 2 rings (SSSR count). The molecule has 20 heavy (non-hydrogen) atoms. The van der Waals surface area contributed by atoms with Gasteiger partial charge in [-0.05, 0) is 24.0 Å². The van der Waals surface area contributed by atoms with Crippen LogP contribution in [0.25, 0.3) is 11.0 Å². The molecule has 0 unspecified atom stereocenters. The molecular formula is C16H23ClN2O. The Balaban J connectivity index is 2.46. The second-order valence-corrected chi connectivity index (χ2v) is 6.64. The highest BCUT2D eigenvalue weighted by Gasteiger charge is 2.16. The molecule has 3 nitrogen and oxygen atoms in total. The molecule has 0 aliphatic heterocycles. The lowest BCUT2D eigenvalue weighted by Crippen LogP contribution is -2.12. The molecule has 0 atom stereocenters. The van der Waals surface area contributed by atoms with Gasteiger partial charge in [0.15, 0.2) is 0 Å². The van der Waals surface area contributed by atoms with Gasteiger partial charge in [-0.15, -0.1) is 11.6 Å². The number of aromatic nitrogens is 2. The summed E-state index contributed by atoms with van der Waals surface area (Å²) in [6.45, 7) is 7.73. The Morgan fingerprint density at radius 3 is 2.65 bits per heavy atom. The quantitative estimate of drug-likeness (QED) is 0.770. The van der Waals surface area contributed by atoms with Crippen molar-refractivity contribution in [3.8, 4) is 5.75 Å². The molecule has 0 amide bonds. The lowest BCUT2D eigenvalue weighted by Gasteiger charge is -2.19. The molecule has 1 aromatic carbocycles. The number of hydrogen-bond acceptors (Lipinski definition) is 2. The molecule has 0 aliphatic rings. The molecular weight excluding hydrogens is 272 g/mol. The third-order valence-electron chi connectivity index (χ3n) is 3.44. The second-order valence-electron chi connectivity index (χ2n) is 6.26. The van der Waals surface area contributed by atoms with E-state index in [9.17, 15) is 0 Å². The van der Waals surface area contributed by atoms with E-state index in [4.69, 9.17) is 21.3 Å². The van der Waals surface area contributed by atoms with Crippen LogP contribution in [0.3, 0.4) is 0 Å². The van der Waals surface area contributed by atoms with Crippen LogP contribution in [0.4, 0.5) is 0 Å². The molecule has 0 saturated carbocycles. The largest absolute Gasteiger partial charge is 0.494 e. The summed E-state index contributed by atoms with van der Waals surface area (Å²) < 4.78 is 7.69. The van der Waals surface area contributed by atoms with Crippen LogP contribution in [0.5, 0.6) is 5.75 Å². The predicted octanol–water partition coefficient (Wildman–Crippen LogP) is 4.26. The third kappa shape index (κ3) is 3.26. The SMILES string of the molecule is COc1cccc2c1nc(CCCl)n2CCC(C)(C)C. The van der Waals surface area contributed by atoms with Crippen molar-refractivity contribution >= 4 is 22.6 Å². The molecule has 1 aromatic heterocycles. The Morgan fingerprint density at radius 1 is 1.30 bits per heavy atom. The van der Waals surface area contributed by atoms with Gasteiger partial charge in [0.05, 0.1) is 12.6 Å². The molecule has 0 radical (unpaired) electrons. The number of fused-ring (bicyclic) bond motifs is 1. The van der Waals surface area contributed by atoms with Gasteiger partial charge >= 0.3 is 0 Å².